The third kappa shape index (κ3) is 3.49. The third-order valence-electron chi connectivity index (χ3n) is 4.76. The lowest BCUT2D eigenvalue weighted by Gasteiger charge is -2.33. The van der Waals surface area contributed by atoms with E-state index in [0.717, 1.165) is 48.4 Å². The average molecular weight is 311 g/mol. The first-order valence-corrected chi connectivity index (χ1v) is 8.62. The second-order valence-electron chi connectivity index (χ2n) is 6.50. The van der Waals surface area contributed by atoms with Gasteiger partial charge in [-0.05, 0) is 36.6 Å². The number of rotatable bonds is 4. The van der Waals surface area contributed by atoms with Gasteiger partial charge in [-0.25, -0.2) is 0 Å². The highest BCUT2D eigenvalue weighted by atomic mass is 16.5. The molecule has 0 bridgehead atoms. The zero-order chi connectivity index (χ0) is 16.2. The standard InChI is InChI=1S/C20H25NO2/c1-3-18(20(22)21-13-11-15(2)12-14-21)23-19-10-6-8-16-7-4-5-9-17(16)19/h4-10,15,18H,3,11-14H2,1-2H3/t18-/m0/s1. The quantitative estimate of drug-likeness (QED) is 0.844. The van der Waals surface area contributed by atoms with Gasteiger partial charge in [-0.2, -0.15) is 0 Å². The molecule has 0 saturated carbocycles. The number of carbonyl (C=O) groups excluding carboxylic acids is 1. The van der Waals surface area contributed by atoms with Crippen LogP contribution in [-0.2, 0) is 4.79 Å². The summed E-state index contributed by atoms with van der Waals surface area (Å²) < 4.78 is 6.13. The molecule has 1 saturated heterocycles. The van der Waals surface area contributed by atoms with E-state index in [4.69, 9.17) is 4.74 Å². The van der Waals surface area contributed by atoms with Gasteiger partial charge in [0, 0.05) is 18.5 Å². The van der Waals surface area contributed by atoms with Crippen LogP contribution in [0, 0.1) is 5.92 Å². The van der Waals surface area contributed by atoms with Crippen molar-refractivity contribution in [3.05, 3.63) is 42.5 Å². The fourth-order valence-electron chi connectivity index (χ4n) is 3.19. The summed E-state index contributed by atoms with van der Waals surface area (Å²) in [6.45, 7) is 5.98. The van der Waals surface area contributed by atoms with E-state index in [2.05, 4.69) is 19.1 Å². The second-order valence-corrected chi connectivity index (χ2v) is 6.50. The fraction of sp³-hybridized carbons (Fsp3) is 0.450. The van der Waals surface area contributed by atoms with Crippen molar-refractivity contribution in [1.29, 1.82) is 0 Å². The molecule has 0 aromatic heterocycles. The Bertz CT molecular complexity index is 669. The molecule has 3 nitrogen and oxygen atoms in total. The minimum absolute atomic E-state index is 0.132. The Balaban J connectivity index is 1.77. The van der Waals surface area contributed by atoms with Gasteiger partial charge in [0.15, 0.2) is 6.10 Å². The van der Waals surface area contributed by atoms with Gasteiger partial charge in [-0.3, -0.25) is 4.79 Å². The van der Waals surface area contributed by atoms with Crippen LogP contribution in [0.1, 0.15) is 33.1 Å². The maximum Gasteiger partial charge on any atom is 0.263 e. The monoisotopic (exact) mass is 311 g/mol. The predicted molar refractivity (Wildman–Crippen MR) is 93.6 cm³/mol. The summed E-state index contributed by atoms with van der Waals surface area (Å²) >= 11 is 0. The van der Waals surface area contributed by atoms with E-state index in [1.807, 2.05) is 42.2 Å². The van der Waals surface area contributed by atoms with Crippen molar-refractivity contribution in [3.63, 3.8) is 0 Å². The maximum atomic E-state index is 12.8. The van der Waals surface area contributed by atoms with Gasteiger partial charge in [0.1, 0.15) is 5.75 Å². The molecule has 1 amide bonds. The van der Waals surface area contributed by atoms with Gasteiger partial charge in [0.05, 0.1) is 0 Å². The van der Waals surface area contributed by atoms with E-state index in [0.29, 0.717) is 6.42 Å². The van der Waals surface area contributed by atoms with Crippen molar-refractivity contribution in [2.75, 3.05) is 13.1 Å². The Morgan fingerprint density at radius 2 is 1.87 bits per heavy atom. The molecule has 1 aliphatic rings. The summed E-state index contributed by atoms with van der Waals surface area (Å²) in [5, 5.41) is 2.20. The molecule has 0 radical (unpaired) electrons. The van der Waals surface area contributed by atoms with Crippen LogP contribution in [0.4, 0.5) is 0 Å². The lowest BCUT2D eigenvalue weighted by atomic mass is 9.99. The number of nitrogens with zero attached hydrogens (tertiary/aromatic N) is 1. The first-order chi connectivity index (χ1) is 11.2. The highest BCUT2D eigenvalue weighted by Crippen LogP contribution is 2.27. The summed E-state index contributed by atoms with van der Waals surface area (Å²) in [6.07, 6.45) is 2.48. The Morgan fingerprint density at radius 3 is 2.61 bits per heavy atom. The average Bonchev–Trinajstić information content (AvgIpc) is 2.60. The molecular formula is C20H25NO2. The molecule has 0 unspecified atom stereocenters. The first-order valence-electron chi connectivity index (χ1n) is 8.62. The zero-order valence-corrected chi connectivity index (χ0v) is 14.0. The van der Waals surface area contributed by atoms with Crippen molar-refractivity contribution in [2.45, 2.75) is 39.2 Å². The Morgan fingerprint density at radius 1 is 1.17 bits per heavy atom. The number of carbonyl (C=O) groups is 1. The summed E-state index contributed by atoms with van der Waals surface area (Å²) in [5.74, 6) is 1.65. The Kier molecular flexibility index (Phi) is 4.85. The normalized spacial score (nSPS) is 17.2. The number of amides is 1. The lowest BCUT2D eigenvalue weighted by molar-refractivity contribution is -0.140. The van der Waals surface area contributed by atoms with E-state index in [1.165, 1.54) is 0 Å². The van der Waals surface area contributed by atoms with E-state index in [1.54, 1.807) is 0 Å². The molecule has 1 atom stereocenters. The summed E-state index contributed by atoms with van der Waals surface area (Å²) in [4.78, 5) is 14.7. The molecule has 2 aromatic rings. The molecule has 3 heteroatoms. The van der Waals surface area contributed by atoms with Crippen LogP contribution in [0.3, 0.4) is 0 Å². The fourth-order valence-corrected chi connectivity index (χ4v) is 3.19. The van der Waals surface area contributed by atoms with Gasteiger partial charge in [0.25, 0.3) is 5.91 Å². The molecule has 3 rings (SSSR count). The van der Waals surface area contributed by atoms with Crippen LogP contribution in [0.25, 0.3) is 10.8 Å². The van der Waals surface area contributed by atoms with Gasteiger partial charge in [-0.15, -0.1) is 0 Å². The molecule has 0 aliphatic carbocycles. The molecule has 1 heterocycles. The zero-order valence-electron chi connectivity index (χ0n) is 14.0. The van der Waals surface area contributed by atoms with Crippen LogP contribution >= 0.6 is 0 Å². The van der Waals surface area contributed by atoms with Crippen molar-refractivity contribution in [1.82, 2.24) is 4.90 Å². The van der Waals surface area contributed by atoms with Crippen molar-refractivity contribution >= 4 is 16.7 Å². The number of benzene rings is 2. The summed E-state index contributed by atoms with van der Waals surface area (Å²) in [6, 6.07) is 14.1. The van der Waals surface area contributed by atoms with Crippen molar-refractivity contribution < 1.29 is 9.53 Å². The highest BCUT2D eigenvalue weighted by molar-refractivity contribution is 5.89. The SMILES string of the molecule is CC[C@H](Oc1cccc2ccccc12)C(=O)N1CCC(C)CC1. The highest BCUT2D eigenvalue weighted by Gasteiger charge is 2.27. The number of hydrogen-bond acceptors (Lipinski definition) is 2. The van der Waals surface area contributed by atoms with Crippen molar-refractivity contribution in [3.8, 4) is 5.75 Å². The van der Waals surface area contributed by atoms with Crippen LogP contribution in [0.2, 0.25) is 0 Å². The Hall–Kier alpha value is -2.03. The topological polar surface area (TPSA) is 29.5 Å². The van der Waals surface area contributed by atoms with Gasteiger partial charge < -0.3 is 9.64 Å². The molecular weight excluding hydrogens is 286 g/mol. The number of fused-ring (bicyclic) bond motifs is 1. The van der Waals surface area contributed by atoms with E-state index >= 15 is 0 Å². The maximum absolute atomic E-state index is 12.8. The van der Waals surface area contributed by atoms with Crippen LogP contribution in [-0.4, -0.2) is 30.0 Å². The minimum atomic E-state index is -0.394. The molecule has 1 aliphatic heterocycles. The van der Waals surface area contributed by atoms with Crippen LogP contribution in [0.5, 0.6) is 5.75 Å². The third-order valence-corrected chi connectivity index (χ3v) is 4.76. The van der Waals surface area contributed by atoms with Crippen LogP contribution < -0.4 is 4.74 Å². The molecule has 0 N–H and O–H groups in total. The molecule has 122 valence electrons. The Labute approximate surface area is 138 Å². The largest absolute Gasteiger partial charge is 0.480 e. The number of hydrogen-bond donors (Lipinski definition) is 0. The number of ether oxygens (including phenoxy) is 1. The van der Waals surface area contributed by atoms with Gasteiger partial charge in [0.2, 0.25) is 0 Å². The van der Waals surface area contributed by atoms with E-state index in [9.17, 15) is 4.79 Å². The van der Waals surface area contributed by atoms with Gasteiger partial charge >= 0.3 is 0 Å². The number of piperidine rings is 1. The second kappa shape index (κ2) is 7.03. The molecule has 2 aromatic carbocycles. The van der Waals surface area contributed by atoms with Crippen LogP contribution in [0.15, 0.2) is 42.5 Å². The molecule has 0 spiro atoms. The smallest absolute Gasteiger partial charge is 0.263 e. The number of likely N-dealkylation sites (tertiary alicyclic amines) is 1. The van der Waals surface area contributed by atoms with Crippen molar-refractivity contribution in [2.24, 2.45) is 5.92 Å². The molecule has 23 heavy (non-hydrogen) atoms. The minimum Gasteiger partial charge on any atom is -0.480 e. The predicted octanol–water partition coefficient (Wildman–Crippen LogP) is 4.26. The summed E-state index contributed by atoms with van der Waals surface area (Å²) in [7, 11) is 0. The van der Waals surface area contributed by atoms with E-state index < -0.39 is 6.10 Å². The molecule has 1 fully saturated rings. The van der Waals surface area contributed by atoms with Gasteiger partial charge in [-0.1, -0.05) is 50.2 Å². The first kappa shape index (κ1) is 15.9. The summed E-state index contributed by atoms with van der Waals surface area (Å²) in [5.41, 5.74) is 0. The van der Waals surface area contributed by atoms with E-state index in [-0.39, 0.29) is 5.91 Å². The lowest BCUT2D eigenvalue weighted by Crippen LogP contribution is -2.45.